The Morgan fingerprint density at radius 1 is 0.944 bits per heavy atom. The molecule has 0 saturated heterocycles. The molecule has 0 radical (unpaired) electrons. The molecular weight excluding hydrogens is 459 g/mol. The van der Waals surface area contributed by atoms with E-state index in [2.05, 4.69) is 5.10 Å². The van der Waals surface area contributed by atoms with Gasteiger partial charge in [0.15, 0.2) is 12.4 Å². The van der Waals surface area contributed by atoms with Crippen molar-refractivity contribution in [1.82, 2.24) is 14.7 Å². The first-order valence-corrected chi connectivity index (χ1v) is 11.6. The van der Waals surface area contributed by atoms with Crippen LogP contribution < -0.4 is 9.67 Å². The van der Waals surface area contributed by atoms with E-state index in [9.17, 15) is 19.1 Å². The van der Waals surface area contributed by atoms with Crippen molar-refractivity contribution in [3.05, 3.63) is 107 Å². The van der Waals surface area contributed by atoms with Gasteiger partial charge in [-0.05, 0) is 55.1 Å². The van der Waals surface area contributed by atoms with Gasteiger partial charge in [-0.2, -0.15) is 9.67 Å². The summed E-state index contributed by atoms with van der Waals surface area (Å²) in [5.74, 6) is -2.06. The van der Waals surface area contributed by atoms with Gasteiger partial charge in [-0.15, -0.1) is 0 Å². The quantitative estimate of drug-likeness (QED) is 0.312. The lowest BCUT2D eigenvalue weighted by Crippen LogP contribution is -2.39. The van der Waals surface area contributed by atoms with Crippen LogP contribution in [-0.4, -0.2) is 26.5 Å². The number of carbonyl (C=O) groups is 2. The highest BCUT2D eigenvalue weighted by Gasteiger charge is 2.46. The number of benzene rings is 2. The lowest BCUT2D eigenvalue weighted by molar-refractivity contribution is -0.577. The number of aromatic nitrogens is 3. The van der Waals surface area contributed by atoms with Crippen molar-refractivity contribution >= 4 is 23.1 Å². The van der Waals surface area contributed by atoms with E-state index < -0.39 is 23.5 Å². The standard InChI is InChI=1S/C28H23FN4O3/c1-3-19-10-7-15-31(16-19)25-24(26(34)32(28(25)36)17-20-8-5-4-6-9-20)23-18(2)30-33(27(23)35)22-13-11-21(29)12-14-22/h4-16H,3,17H2,1-2H3. The summed E-state index contributed by atoms with van der Waals surface area (Å²) in [6.07, 6.45) is 4.21. The van der Waals surface area contributed by atoms with Gasteiger partial charge in [-0.1, -0.05) is 37.3 Å². The third-order valence-corrected chi connectivity index (χ3v) is 6.19. The Balaban J connectivity index is 1.69. The minimum absolute atomic E-state index is 0.00467. The second-order valence-corrected chi connectivity index (χ2v) is 8.53. The van der Waals surface area contributed by atoms with E-state index >= 15 is 0 Å². The lowest BCUT2D eigenvalue weighted by atomic mass is 10.0. The minimum atomic E-state index is -0.563. The van der Waals surface area contributed by atoms with Crippen LogP contribution in [0.15, 0.2) is 79.1 Å². The number of imide groups is 1. The van der Waals surface area contributed by atoms with Crippen LogP contribution in [0.25, 0.3) is 17.0 Å². The molecule has 7 nitrogen and oxygen atoms in total. The fraction of sp³-hybridized carbons (Fsp3) is 0.143. The zero-order valence-corrected chi connectivity index (χ0v) is 19.8. The molecule has 5 rings (SSSR count). The second kappa shape index (κ2) is 9.22. The fourth-order valence-corrected chi connectivity index (χ4v) is 4.36. The van der Waals surface area contributed by atoms with Crippen LogP contribution in [0.5, 0.6) is 5.88 Å². The maximum atomic E-state index is 13.8. The Bertz CT molecular complexity index is 1510. The molecule has 2 aromatic carbocycles. The van der Waals surface area contributed by atoms with Gasteiger partial charge in [-0.3, -0.25) is 14.5 Å². The third kappa shape index (κ3) is 3.96. The summed E-state index contributed by atoms with van der Waals surface area (Å²) in [4.78, 5) is 28.6. The van der Waals surface area contributed by atoms with Crippen LogP contribution in [0.2, 0.25) is 0 Å². The number of amides is 2. The van der Waals surface area contributed by atoms with Gasteiger partial charge in [0.05, 0.1) is 17.9 Å². The Kier molecular flexibility index (Phi) is 5.93. The Morgan fingerprint density at radius 3 is 2.33 bits per heavy atom. The summed E-state index contributed by atoms with van der Waals surface area (Å²) in [5, 5.41) is 17.9. The largest absolute Gasteiger partial charge is 0.858 e. The molecule has 0 spiro atoms. The van der Waals surface area contributed by atoms with E-state index in [4.69, 9.17) is 0 Å². The van der Waals surface area contributed by atoms with Crippen LogP contribution in [0, 0.1) is 12.7 Å². The Morgan fingerprint density at radius 2 is 1.64 bits per heavy atom. The molecule has 180 valence electrons. The first-order chi connectivity index (χ1) is 17.4. The average molecular weight is 483 g/mol. The summed E-state index contributed by atoms with van der Waals surface area (Å²) in [6.45, 7) is 3.68. The number of hydrogen-bond donors (Lipinski definition) is 0. The summed E-state index contributed by atoms with van der Waals surface area (Å²) in [5.41, 5.74) is 2.57. The first kappa shape index (κ1) is 23.2. The molecule has 0 fully saturated rings. The minimum Gasteiger partial charge on any atom is -0.858 e. The molecule has 0 saturated carbocycles. The molecule has 3 heterocycles. The lowest BCUT2D eigenvalue weighted by Gasteiger charge is -2.15. The summed E-state index contributed by atoms with van der Waals surface area (Å²) in [7, 11) is 0. The van der Waals surface area contributed by atoms with Crippen LogP contribution in [-0.2, 0) is 22.6 Å². The van der Waals surface area contributed by atoms with Gasteiger partial charge in [-0.25, -0.2) is 9.07 Å². The smallest absolute Gasteiger partial charge is 0.327 e. The van der Waals surface area contributed by atoms with Crippen LogP contribution in [0.4, 0.5) is 4.39 Å². The molecule has 0 bridgehead atoms. The van der Waals surface area contributed by atoms with Crippen LogP contribution >= 0.6 is 0 Å². The number of rotatable bonds is 6. The SMILES string of the molecule is CCc1ccc[n+](C2=C(c3c(C)nn(-c4ccc(F)cc4)c3[O-])C(=O)N(Cc3ccccc3)C2=O)c1. The average Bonchev–Trinajstić information content (AvgIpc) is 3.31. The van der Waals surface area contributed by atoms with Crippen molar-refractivity contribution < 1.29 is 23.7 Å². The van der Waals surface area contributed by atoms with E-state index in [1.807, 2.05) is 43.3 Å². The van der Waals surface area contributed by atoms with Gasteiger partial charge < -0.3 is 5.11 Å². The summed E-state index contributed by atoms with van der Waals surface area (Å²) < 4.78 is 16.2. The van der Waals surface area contributed by atoms with E-state index in [-0.39, 0.29) is 23.4 Å². The molecule has 4 aromatic rings. The van der Waals surface area contributed by atoms with E-state index in [0.717, 1.165) is 27.1 Å². The molecular formula is C28H23FN4O3. The van der Waals surface area contributed by atoms with Gasteiger partial charge >= 0.3 is 5.91 Å². The molecule has 1 aliphatic rings. The third-order valence-electron chi connectivity index (χ3n) is 6.19. The fourth-order valence-electron chi connectivity index (χ4n) is 4.36. The van der Waals surface area contributed by atoms with Gasteiger partial charge in [0.1, 0.15) is 11.4 Å². The first-order valence-electron chi connectivity index (χ1n) is 11.6. The summed E-state index contributed by atoms with van der Waals surface area (Å²) in [6, 6.07) is 18.3. The Labute approximate surface area is 207 Å². The molecule has 2 amide bonds. The second-order valence-electron chi connectivity index (χ2n) is 8.53. The van der Waals surface area contributed by atoms with E-state index in [1.54, 1.807) is 30.0 Å². The van der Waals surface area contributed by atoms with Crippen molar-refractivity contribution in [2.75, 3.05) is 0 Å². The zero-order valence-electron chi connectivity index (χ0n) is 19.8. The van der Waals surface area contributed by atoms with E-state index in [1.165, 1.54) is 24.3 Å². The monoisotopic (exact) mass is 482 g/mol. The maximum absolute atomic E-state index is 13.8. The Hall–Kier alpha value is -4.59. The maximum Gasteiger partial charge on any atom is 0.327 e. The highest BCUT2D eigenvalue weighted by molar-refractivity contribution is 6.44. The number of hydrogen-bond acceptors (Lipinski definition) is 4. The predicted octanol–water partition coefficient (Wildman–Crippen LogP) is 3.18. The van der Waals surface area contributed by atoms with Crippen LogP contribution in [0.1, 0.15) is 29.3 Å². The normalized spacial score (nSPS) is 13.7. The topological polar surface area (TPSA) is 82.1 Å². The number of aryl methyl sites for hydroxylation is 2. The molecule has 0 aliphatic carbocycles. The van der Waals surface area contributed by atoms with E-state index in [0.29, 0.717) is 11.4 Å². The molecule has 8 heteroatoms. The molecule has 2 aromatic heterocycles. The van der Waals surface area contributed by atoms with Crippen molar-refractivity contribution in [3.63, 3.8) is 0 Å². The molecule has 36 heavy (non-hydrogen) atoms. The van der Waals surface area contributed by atoms with Crippen molar-refractivity contribution in [2.24, 2.45) is 0 Å². The number of carbonyl (C=O) groups excluding carboxylic acids is 2. The molecule has 1 aliphatic heterocycles. The van der Waals surface area contributed by atoms with Crippen molar-refractivity contribution in [1.29, 1.82) is 0 Å². The van der Waals surface area contributed by atoms with Crippen LogP contribution in [0.3, 0.4) is 0 Å². The van der Waals surface area contributed by atoms with Crippen molar-refractivity contribution in [3.8, 4) is 11.6 Å². The summed E-state index contributed by atoms with van der Waals surface area (Å²) >= 11 is 0. The van der Waals surface area contributed by atoms with Gasteiger partial charge in [0, 0.05) is 17.2 Å². The molecule has 0 N–H and O–H groups in total. The highest BCUT2D eigenvalue weighted by atomic mass is 19.1. The number of pyridine rings is 1. The van der Waals surface area contributed by atoms with Gasteiger partial charge in [0.25, 0.3) is 11.6 Å². The number of nitrogens with zero attached hydrogens (tertiary/aromatic N) is 4. The zero-order chi connectivity index (χ0) is 25.4. The number of halogens is 1. The highest BCUT2D eigenvalue weighted by Crippen LogP contribution is 2.37. The molecule has 0 unspecified atom stereocenters. The molecule has 0 atom stereocenters. The van der Waals surface area contributed by atoms with Gasteiger partial charge in [0.2, 0.25) is 0 Å². The predicted molar refractivity (Wildman–Crippen MR) is 129 cm³/mol. The van der Waals surface area contributed by atoms with Crippen molar-refractivity contribution in [2.45, 2.75) is 26.8 Å².